The molecule has 1 N–H and O–H groups in total. The van der Waals surface area contributed by atoms with Crippen LogP contribution >= 0.6 is 0 Å². The summed E-state index contributed by atoms with van der Waals surface area (Å²) < 4.78 is 5.16. The van der Waals surface area contributed by atoms with Gasteiger partial charge in [0.25, 0.3) is 5.69 Å². The predicted molar refractivity (Wildman–Crippen MR) is 91.8 cm³/mol. The number of benzene rings is 2. The van der Waals surface area contributed by atoms with Gasteiger partial charge in [0.15, 0.2) is 0 Å². The van der Waals surface area contributed by atoms with Crippen molar-refractivity contribution in [3.8, 4) is 6.07 Å². The molecule has 0 unspecified atom stereocenters. The van der Waals surface area contributed by atoms with Crippen LogP contribution in [0.15, 0.2) is 48.5 Å². The molecule has 0 saturated heterocycles. The highest BCUT2D eigenvalue weighted by atomic mass is 16.6. The number of anilines is 1. The van der Waals surface area contributed by atoms with E-state index >= 15 is 0 Å². The van der Waals surface area contributed by atoms with Crippen LogP contribution in [0, 0.1) is 21.4 Å². The van der Waals surface area contributed by atoms with Crippen molar-refractivity contribution in [2.24, 2.45) is 0 Å². The van der Waals surface area contributed by atoms with Gasteiger partial charge in [-0.05, 0) is 30.2 Å². The summed E-state index contributed by atoms with van der Waals surface area (Å²) in [5.41, 5.74) is 1.80. The number of rotatable bonds is 8. The highest BCUT2D eigenvalue weighted by molar-refractivity contribution is 5.69. The summed E-state index contributed by atoms with van der Waals surface area (Å²) in [4.78, 5) is 22.2. The van der Waals surface area contributed by atoms with Crippen molar-refractivity contribution in [3.63, 3.8) is 0 Å². The number of esters is 1. The van der Waals surface area contributed by atoms with Crippen molar-refractivity contribution >= 4 is 17.3 Å². The lowest BCUT2D eigenvalue weighted by Crippen LogP contribution is -2.09. The zero-order valence-corrected chi connectivity index (χ0v) is 13.5. The van der Waals surface area contributed by atoms with Crippen molar-refractivity contribution in [1.82, 2.24) is 0 Å². The molecule has 0 amide bonds. The molecule has 128 valence electrons. The number of nitro groups is 1. The molecule has 0 heterocycles. The van der Waals surface area contributed by atoms with E-state index in [-0.39, 0.29) is 24.7 Å². The summed E-state index contributed by atoms with van der Waals surface area (Å²) in [5, 5.41) is 22.6. The number of para-hydroxylation sites is 2. The first kappa shape index (κ1) is 17.9. The molecule has 0 aliphatic rings. The number of nitro benzene ring substituents is 1. The van der Waals surface area contributed by atoms with E-state index in [0.717, 1.165) is 5.56 Å². The van der Waals surface area contributed by atoms with E-state index < -0.39 is 4.92 Å². The van der Waals surface area contributed by atoms with Gasteiger partial charge in [0, 0.05) is 19.0 Å². The monoisotopic (exact) mass is 339 g/mol. The SMILES string of the molecule is N#Cc1ccc(COC(=O)CCCNc2ccccc2[N+](=O)[O-])cc1. The van der Waals surface area contributed by atoms with Crippen LogP contribution in [0.2, 0.25) is 0 Å². The van der Waals surface area contributed by atoms with Crippen molar-refractivity contribution in [2.45, 2.75) is 19.4 Å². The van der Waals surface area contributed by atoms with Gasteiger partial charge in [-0.1, -0.05) is 24.3 Å². The summed E-state index contributed by atoms with van der Waals surface area (Å²) >= 11 is 0. The van der Waals surface area contributed by atoms with Crippen LogP contribution in [-0.2, 0) is 16.1 Å². The molecular formula is C18H17N3O4. The molecule has 0 aromatic heterocycles. The molecule has 0 atom stereocenters. The minimum atomic E-state index is -0.450. The van der Waals surface area contributed by atoms with Crippen LogP contribution in [0.25, 0.3) is 0 Å². The fraction of sp³-hybridized carbons (Fsp3) is 0.222. The molecule has 0 radical (unpaired) electrons. The second-order valence-electron chi connectivity index (χ2n) is 5.27. The molecule has 2 rings (SSSR count). The Morgan fingerprint density at radius 3 is 2.60 bits per heavy atom. The normalized spacial score (nSPS) is 9.88. The lowest BCUT2D eigenvalue weighted by Gasteiger charge is -2.07. The van der Waals surface area contributed by atoms with Gasteiger partial charge in [-0.15, -0.1) is 0 Å². The maximum atomic E-state index is 11.7. The molecule has 0 aliphatic heterocycles. The highest BCUT2D eigenvalue weighted by Crippen LogP contribution is 2.22. The number of hydrogen-bond acceptors (Lipinski definition) is 6. The molecule has 0 fully saturated rings. The number of carbonyl (C=O) groups is 1. The number of hydrogen-bond donors (Lipinski definition) is 1. The fourth-order valence-electron chi connectivity index (χ4n) is 2.15. The summed E-state index contributed by atoms with van der Waals surface area (Å²) in [6.45, 7) is 0.582. The van der Waals surface area contributed by atoms with E-state index in [0.29, 0.717) is 24.2 Å². The van der Waals surface area contributed by atoms with Crippen molar-refractivity contribution in [2.75, 3.05) is 11.9 Å². The Kier molecular flexibility index (Phi) is 6.48. The molecule has 0 bridgehead atoms. The van der Waals surface area contributed by atoms with Crippen molar-refractivity contribution < 1.29 is 14.5 Å². The van der Waals surface area contributed by atoms with Crippen LogP contribution in [0.3, 0.4) is 0 Å². The summed E-state index contributed by atoms with van der Waals surface area (Å²) in [6, 6.07) is 15.2. The van der Waals surface area contributed by atoms with Crippen molar-refractivity contribution in [3.05, 3.63) is 69.8 Å². The molecule has 7 nitrogen and oxygen atoms in total. The van der Waals surface area contributed by atoms with E-state index in [1.165, 1.54) is 6.07 Å². The minimum Gasteiger partial charge on any atom is -0.461 e. The molecule has 7 heteroatoms. The van der Waals surface area contributed by atoms with Gasteiger partial charge < -0.3 is 10.1 Å². The third-order valence-electron chi connectivity index (χ3n) is 3.46. The molecule has 25 heavy (non-hydrogen) atoms. The lowest BCUT2D eigenvalue weighted by atomic mass is 10.2. The molecule has 0 saturated carbocycles. The second kappa shape index (κ2) is 9.03. The smallest absolute Gasteiger partial charge is 0.306 e. The van der Waals surface area contributed by atoms with E-state index in [2.05, 4.69) is 5.32 Å². The molecule has 0 spiro atoms. The quantitative estimate of drug-likeness (QED) is 0.342. The first-order chi connectivity index (χ1) is 12.1. The Balaban J connectivity index is 1.70. The van der Waals surface area contributed by atoms with E-state index in [1.54, 1.807) is 42.5 Å². The maximum absolute atomic E-state index is 11.7. The number of carbonyl (C=O) groups excluding carboxylic acids is 1. The van der Waals surface area contributed by atoms with E-state index in [4.69, 9.17) is 10.00 Å². The first-order valence-electron chi connectivity index (χ1n) is 7.72. The Morgan fingerprint density at radius 1 is 1.20 bits per heavy atom. The zero-order valence-electron chi connectivity index (χ0n) is 13.5. The zero-order chi connectivity index (χ0) is 18.1. The largest absolute Gasteiger partial charge is 0.461 e. The van der Waals surface area contributed by atoms with Crippen LogP contribution in [-0.4, -0.2) is 17.4 Å². The fourth-order valence-corrected chi connectivity index (χ4v) is 2.15. The van der Waals surface area contributed by atoms with Gasteiger partial charge in [0.2, 0.25) is 0 Å². The second-order valence-corrected chi connectivity index (χ2v) is 5.27. The van der Waals surface area contributed by atoms with Gasteiger partial charge in [-0.25, -0.2) is 0 Å². The average Bonchev–Trinajstić information content (AvgIpc) is 2.64. The van der Waals surface area contributed by atoms with Crippen LogP contribution < -0.4 is 5.32 Å². The van der Waals surface area contributed by atoms with Crippen LogP contribution in [0.1, 0.15) is 24.0 Å². The predicted octanol–water partition coefficient (Wildman–Crippen LogP) is 3.40. The summed E-state index contributed by atoms with van der Waals surface area (Å²) in [6.07, 6.45) is 0.710. The van der Waals surface area contributed by atoms with Gasteiger partial charge in [-0.3, -0.25) is 14.9 Å². The van der Waals surface area contributed by atoms with Gasteiger partial charge >= 0.3 is 5.97 Å². The minimum absolute atomic E-state index is 0.00546. The topological polar surface area (TPSA) is 105 Å². The first-order valence-corrected chi connectivity index (χ1v) is 7.72. The third-order valence-corrected chi connectivity index (χ3v) is 3.46. The molecule has 0 aliphatic carbocycles. The molecular weight excluding hydrogens is 322 g/mol. The van der Waals surface area contributed by atoms with Gasteiger partial charge in [-0.2, -0.15) is 5.26 Å². The number of nitrogens with one attached hydrogen (secondary N) is 1. The Morgan fingerprint density at radius 2 is 1.92 bits per heavy atom. The Hall–Kier alpha value is -3.40. The average molecular weight is 339 g/mol. The number of ether oxygens (including phenoxy) is 1. The van der Waals surface area contributed by atoms with Crippen molar-refractivity contribution in [1.29, 1.82) is 5.26 Å². The van der Waals surface area contributed by atoms with E-state index in [9.17, 15) is 14.9 Å². The number of nitriles is 1. The Bertz CT molecular complexity index is 782. The van der Waals surface area contributed by atoms with Gasteiger partial charge in [0.05, 0.1) is 16.6 Å². The number of nitrogens with zero attached hydrogens (tertiary/aromatic N) is 2. The standard InChI is InChI=1S/C18H17N3O4/c19-12-14-7-9-15(10-8-14)13-25-18(22)6-3-11-20-16-4-1-2-5-17(16)21(23)24/h1-2,4-5,7-10,20H,3,6,11,13H2. The highest BCUT2D eigenvalue weighted by Gasteiger charge is 2.11. The van der Waals surface area contributed by atoms with Gasteiger partial charge in [0.1, 0.15) is 12.3 Å². The Labute approximate surface area is 145 Å². The van der Waals surface area contributed by atoms with E-state index in [1.807, 2.05) is 6.07 Å². The summed E-state index contributed by atoms with van der Waals surface area (Å²) in [5.74, 6) is -0.339. The van der Waals surface area contributed by atoms with Crippen LogP contribution in [0.4, 0.5) is 11.4 Å². The van der Waals surface area contributed by atoms with Crippen LogP contribution in [0.5, 0.6) is 0 Å². The maximum Gasteiger partial charge on any atom is 0.306 e. The summed E-state index contributed by atoms with van der Waals surface area (Å²) in [7, 11) is 0. The lowest BCUT2D eigenvalue weighted by molar-refractivity contribution is -0.384. The third kappa shape index (κ3) is 5.62. The molecule has 2 aromatic rings. The molecule has 2 aromatic carbocycles.